The molecule has 1 saturated carbocycles. The first-order valence-corrected chi connectivity index (χ1v) is 8.32. The molecule has 0 bridgehead atoms. The van der Waals surface area contributed by atoms with Crippen LogP contribution in [0.3, 0.4) is 0 Å². The van der Waals surface area contributed by atoms with E-state index in [1.54, 1.807) is 0 Å². The summed E-state index contributed by atoms with van der Waals surface area (Å²) >= 11 is 1.44. The number of anilines is 1. The monoisotopic (exact) mass is 304 g/mol. The lowest BCUT2D eigenvalue weighted by atomic mass is 10.2. The van der Waals surface area contributed by atoms with Crippen LogP contribution in [0.4, 0.5) is 5.13 Å². The van der Waals surface area contributed by atoms with Gasteiger partial charge in [0.15, 0.2) is 5.01 Å². The molecule has 0 spiro atoms. The molecule has 6 heteroatoms. The van der Waals surface area contributed by atoms with Gasteiger partial charge in [-0.3, -0.25) is 4.79 Å². The van der Waals surface area contributed by atoms with E-state index in [4.69, 9.17) is 0 Å². The largest absolute Gasteiger partial charge is 0.360 e. The second-order valence-electron chi connectivity index (χ2n) is 5.44. The van der Waals surface area contributed by atoms with Gasteiger partial charge in [0.25, 0.3) is 5.56 Å². The van der Waals surface area contributed by atoms with E-state index < -0.39 is 0 Å². The SMILES string of the molecule is CCNc1nnc(-c2ccc(C)n(C3CCCC3)c2=O)s1. The lowest BCUT2D eigenvalue weighted by molar-refractivity contribution is 0.492. The minimum atomic E-state index is 0.0705. The number of hydrogen-bond donors (Lipinski definition) is 1. The predicted octanol–water partition coefficient (Wildman–Crippen LogP) is 3.22. The van der Waals surface area contributed by atoms with E-state index in [-0.39, 0.29) is 5.56 Å². The van der Waals surface area contributed by atoms with Crippen molar-refractivity contribution in [2.24, 2.45) is 0 Å². The van der Waals surface area contributed by atoms with Gasteiger partial charge in [-0.1, -0.05) is 24.2 Å². The summed E-state index contributed by atoms with van der Waals surface area (Å²) in [6, 6.07) is 4.24. The first-order valence-electron chi connectivity index (χ1n) is 7.50. The molecular formula is C15H20N4OS. The third kappa shape index (κ3) is 2.72. The molecule has 2 heterocycles. The molecule has 1 fully saturated rings. The zero-order chi connectivity index (χ0) is 14.8. The van der Waals surface area contributed by atoms with Crippen LogP contribution in [0.1, 0.15) is 44.3 Å². The van der Waals surface area contributed by atoms with E-state index in [2.05, 4.69) is 15.5 Å². The molecule has 1 aliphatic carbocycles. The Morgan fingerprint density at radius 3 is 2.81 bits per heavy atom. The maximum atomic E-state index is 12.8. The van der Waals surface area contributed by atoms with Crippen LogP contribution in [0.15, 0.2) is 16.9 Å². The Hall–Kier alpha value is -1.69. The fraction of sp³-hybridized carbons (Fsp3) is 0.533. The number of aromatic nitrogens is 3. The van der Waals surface area contributed by atoms with Gasteiger partial charge in [-0.2, -0.15) is 0 Å². The Bertz CT molecular complexity index is 685. The number of pyridine rings is 1. The van der Waals surface area contributed by atoms with Gasteiger partial charge in [0.05, 0.1) is 5.56 Å². The molecule has 2 aromatic rings. The van der Waals surface area contributed by atoms with Gasteiger partial charge in [-0.15, -0.1) is 10.2 Å². The van der Waals surface area contributed by atoms with Gasteiger partial charge in [-0.05, 0) is 38.8 Å². The van der Waals surface area contributed by atoms with Gasteiger partial charge >= 0.3 is 0 Å². The molecule has 21 heavy (non-hydrogen) atoms. The minimum Gasteiger partial charge on any atom is -0.360 e. The van der Waals surface area contributed by atoms with E-state index in [9.17, 15) is 4.79 Å². The Kier molecular flexibility index (Phi) is 4.05. The van der Waals surface area contributed by atoms with Gasteiger partial charge < -0.3 is 9.88 Å². The standard InChI is InChI=1S/C15H20N4OS/c1-3-16-15-18-17-13(21-15)12-9-8-10(2)19(14(12)20)11-6-4-5-7-11/h8-9,11H,3-7H2,1-2H3,(H,16,18). The van der Waals surface area contributed by atoms with Crippen LogP contribution in [0, 0.1) is 6.92 Å². The van der Waals surface area contributed by atoms with E-state index in [0.717, 1.165) is 30.2 Å². The highest BCUT2D eigenvalue weighted by atomic mass is 32.1. The third-order valence-electron chi connectivity index (χ3n) is 3.99. The van der Waals surface area contributed by atoms with Crippen molar-refractivity contribution in [2.45, 2.75) is 45.6 Å². The van der Waals surface area contributed by atoms with Crippen LogP contribution in [0.5, 0.6) is 0 Å². The van der Waals surface area contributed by atoms with E-state index in [1.807, 2.05) is 30.5 Å². The molecule has 0 unspecified atom stereocenters. The van der Waals surface area contributed by atoms with Gasteiger partial charge in [0, 0.05) is 18.3 Å². The summed E-state index contributed by atoms with van der Waals surface area (Å²) in [7, 11) is 0. The second-order valence-corrected chi connectivity index (χ2v) is 6.42. The molecule has 2 aromatic heterocycles. The summed E-state index contributed by atoms with van der Waals surface area (Å²) in [5.41, 5.74) is 1.77. The smallest absolute Gasteiger partial charge is 0.261 e. The highest BCUT2D eigenvalue weighted by Crippen LogP contribution is 2.30. The van der Waals surface area contributed by atoms with Crippen molar-refractivity contribution in [1.29, 1.82) is 0 Å². The third-order valence-corrected chi connectivity index (χ3v) is 4.91. The quantitative estimate of drug-likeness (QED) is 0.942. The van der Waals surface area contributed by atoms with Crippen molar-refractivity contribution in [1.82, 2.24) is 14.8 Å². The maximum Gasteiger partial charge on any atom is 0.261 e. The average molecular weight is 304 g/mol. The van der Waals surface area contributed by atoms with Crippen molar-refractivity contribution in [2.75, 3.05) is 11.9 Å². The number of nitrogens with one attached hydrogen (secondary N) is 1. The Morgan fingerprint density at radius 1 is 1.33 bits per heavy atom. The molecule has 5 nitrogen and oxygen atoms in total. The van der Waals surface area contributed by atoms with E-state index >= 15 is 0 Å². The summed E-state index contributed by atoms with van der Waals surface area (Å²) < 4.78 is 1.96. The molecule has 0 radical (unpaired) electrons. The van der Waals surface area contributed by atoms with Crippen LogP contribution in [0.25, 0.3) is 10.6 Å². The van der Waals surface area contributed by atoms with Crippen molar-refractivity contribution in [3.05, 3.63) is 28.2 Å². The molecule has 0 amide bonds. The highest BCUT2D eigenvalue weighted by Gasteiger charge is 2.21. The zero-order valence-corrected chi connectivity index (χ0v) is 13.2. The first kappa shape index (κ1) is 14.3. The van der Waals surface area contributed by atoms with E-state index in [0.29, 0.717) is 16.6 Å². The molecular weight excluding hydrogens is 284 g/mol. The van der Waals surface area contributed by atoms with Crippen LogP contribution < -0.4 is 10.9 Å². The predicted molar refractivity (Wildman–Crippen MR) is 86.0 cm³/mol. The van der Waals surface area contributed by atoms with Crippen LogP contribution in [-0.4, -0.2) is 21.3 Å². The summed E-state index contributed by atoms with van der Waals surface area (Å²) in [6.45, 7) is 4.82. The summed E-state index contributed by atoms with van der Waals surface area (Å²) in [5, 5.41) is 12.8. The van der Waals surface area contributed by atoms with Crippen molar-refractivity contribution >= 4 is 16.5 Å². The first-order chi connectivity index (χ1) is 10.2. The van der Waals surface area contributed by atoms with Crippen LogP contribution in [0.2, 0.25) is 0 Å². The molecule has 0 aliphatic heterocycles. The second kappa shape index (κ2) is 5.97. The average Bonchev–Trinajstić information content (AvgIpc) is 3.11. The summed E-state index contributed by atoms with van der Waals surface area (Å²) in [6.07, 6.45) is 4.63. The lowest BCUT2D eigenvalue weighted by Gasteiger charge is -2.17. The summed E-state index contributed by atoms with van der Waals surface area (Å²) in [4.78, 5) is 12.8. The normalized spacial score (nSPS) is 15.5. The van der Waals surface area contributed by atoms with Crippen molar-refractivity contribution in [3.8, 4) is 10.6 Å². The summed E-state index contributed by atoms with van der Waals surface area (Å²) in [5.74, 6) is 0. The fourth-order valence-corrected chi connectivity index (χ4v) is 3.81. The van der Waals surface area contributed by atoms with Crippen molar-refractivity contribution in [3.63, 3.8) is 0 Å². The molecule has 0 saturated heterocycles. The Morgan fingerprint density at radius 2 is 2.10 bits per heavy atom. The van der Waals surface area contributed by atoms with Crippen LogP contribution in [-0.2, 0) is 0 Å². The number of nitrogens with zero attached hydrogens (tertiary/aromatic N) is 3. The molecule has 112 valence electrons. The lowest BCUT2D eigenvalue weighted by Crippen LogP contribution is -2.26. The van der Waals surface area contributed by atoms with Gasteiger partial charge in [0.1, 0.15) is 0 Å². The molecule has 0 atom stereocenters. The fourth-order valence-electron chi connectivity index (χ4n) is 2.98. The van der Waals surface area contributed by atoms with E-state index in [1.165, 1.54) is 24.2 Å². The minimum absolute atomic E-state index is 0.0705. The van der Waals surface area contributed by atoms with Gasteiger partial charge in [0.2, 0.25) is 5.13 Å². The number of hydrogen-bond acceptors (Lipinski definition) is 5. The number of aryl methyl sites for hydroxylation is 1. The highest BCUT2D eigenvalue weighted by molar-refractivity contribution is 7.18. The number of rotatable bonds is 4. The molecule has 3 rings (SSSR count). The maximum absolute atomic E-state index is 12.8. The molecule has 1 aliphatic rings. The topological polar surface area (TPSA) is 59.8 Å². The van der Waals surface area contributed by atoms with Crippen molar-refractivity contribution < 1.29 is 0 Å². The Labute approximate surface area is 128 Å². The van der Waals surface area contributed by atoms with Crippen LogP contribution >= 0.6 is 11.3 Å². The molecule has 1 N–H and O–H groups in total. The van der Waals surface area contributed by atoms with Gasteiger partial charge in [-0.25, -0.2) is 0 Å². The Balaban J connectivity index is 2.02. The molecule has 0 aromatic carbocycles. The zero-order valence-electron chi connectivity index (χ0n) is 12.4.